The van der Waals surface area contributed by atoms with Gasteiger partial charge in [0.2, 0.25) is 0 Å². The van der Waals surface area contributed by atoms with Crippen molar-refractivity contribution in [1.29, 1.82) is 0 Å². The van der Waals surface area contributed by atoms with E-state index in [9.17, 15) is 5.11 Å². The van der Waals surface area contributed by atoms with E-state index in [1.165, 1.54) is 11.1 Å². The predicted octanol–water partition coefficient (Wildman–Crippen LogP) is 2.75. The lowest BCUT2D eigenvalue weighted by atomic mass is 10.0. The Hall–Kier alpha value is -1.36. The lowest BCUT2D eigenvalue weighted by Gasteiger charge is -2.32. The largest absolute Gasteiger partial charge is 0.491 e. The molecule has 0 spiro atoms. The van der Waals surface area contributed by atoms with Crippen LogP contribution in [0.3, 0.4) is 0 Å². The Labute approximate surface area is 146 Å². The number of benzene rings is 1. The van der Waals surface area contributed by atoms with Gasteiger partial charge in [0.25, 0.3) is 0 Å². The zero-order valence-corrected chi connectivity index (χ0v) is 15.3. The smallest absolute Gasteiger partial charge is 0.119 e. The molecule has 1 aromatic carbocycles. The summed E-state index contributed by atoms with van der Waals surface area (Å²) >= 11 is 0. The minimum absolute atomic E-state index is 0.329. The maximum Gasteiger partial charge on any atom is 0.119 e. The number of piperidine rings is 1. The van der Waals surface area contributed by atoms with Gasteiger partial charge in [-0.05, 0) is 64.4 Å². The van der Waals surface area contributed by atoms with Gasteiger partial charge >= 0.3 is 0 Å². The van der Waals surface area contributed by atoms with E-state index in [0.717, 1.165) is 38.2 Å². The maximum atomic E-state index is 10.1. The van der Waals surface area contributed by atoms with Crippen molar-refractivity contribution in [2.24, 2.45) is 0 Å². The Morgan fingerprint density at radius 1 is 1.38 bits per heavy atom. The van der Waals surface area contributed by atoms with E-state index in [-0.39, 0.29) is 0 Å². The lowest BCUT2D eigenvalue weighted by Crippen LogP contribution is -2.45. The van der Waals surface area contributed by atoms with Gasteiger partial charge in [-0.1, -0.05) is 23.8 Å². The number of nitrogens with one attached hydrogen (secondary N) is 1. The quantitative estimate of drug-likeness (QED) is 0.719. The van der Waals surface area contributed by atoms with Crippen molar-refractivity contribution >= 4 is 0 Å². The minimum atomic E-state index is -0.478. The van der Waals surface area contributed by atoms with Crippen LogP contribution in [-0.2, 0) is 0 Å². The molecule has 1 atom stereocenters. The molecule has 0 saturated carbocycles. The molecule has 0 aromatic heterocycles. The summed E-state index contributed by atoms with van der Waals surface area (Å²) in [5.41, 5.74) is 2.55. The first-order valence-corrected chi connectivity index (χ1v) is 8.99. The highest BCUT2D eigenvalue weighted by Gasteiger charge is 2.18. The highest BCUT2D eigenvalue weighted by Crippen LogP contribution is 2.13. The van der Waals surface area contributed by atoms with Crippen LogP contribution in [0.25, 0.3) is 0 Å². The fraction of sp³-hybridized carbons (Fsp3) is 0.600. The molecule has 24 heavy (non-hydrogen) atoms. The second kappa shape index (κ2) is 9.82. The highest BCUT2D eigenvalue weighted by molar-refractivity contribution is 5.27. The zero-order chi connectivity index (χ0) is 17.4. The number of likely N-dealkylation sites (tertiary alicyclic amines) is 1. The van der Waals surface area contributed by atoms with Crippen molar-refractivity contribution < 1.29 is 9.84 Å². The maximum absolute atomic E-state index is 10.1. The van der Waals surface area contributed by atoms with E-state index in [1.807, 2.05) is 31.2 Å². The van der Waals surface area contributed by atoms with Crippen molar-refractivity contribution in [1.82, 2.24) is 10.2 Å². The zero-order valence-electron chi connectivity index (χ0n) is 15.3. The molecule has 1 aliphatic heterocycles. The summed E-state index contributed by atoms with van der Waals surface area (Å²) in [6.07, 6.45) is 4.10. The average molecular weight is 332 g/mol. The summed E-state index contributed by atoms with van der Waals surface area (Å²) in [6.45, 7) is 10.6. The third kappa shape index (κ3) is 7.04. The molecule has 1 aromatic rings. The molecule has 0 amide bonds. The molecule has 1 fully saturated rings. The summed E-state index contributed by atoms with van der Waals surface area (Å²) < 4.78 is 5.66. The van der Waals surface area contributed by atoms with Crippen LogP contribution in [0.1, 0.15) is 32.3 Å². The van der Waals surface area contributed by atoms with E-state index in [4.69, 9.17) is 4.74 Å². The van der Waals surface area contributed by atoms with Crippen LogP contribution in [0.15, 0.2) is 35.9 Å². The number of aliphatic hydroxyl groups excluding tert-OH is 1. The first-order valence-electron chi connectivity index (χ1n) is 8.99. The Morgan fingerprint density at radius 3 is 2.79 bits per heavy atom. The van der Waals surface area contributed by atoms with E-state index >= 15 is 0 Å². The Balaban J connectivity index is 1.61. The molecular formula is C20H32N2O2. The predicted molar refractivity (Wildman–Crippen MR) is 99.6 cm³/mol. The number of hydrogen-bond acceptors (Lipinski definition) is 4. The number of rotatable bonds is 8. The Kier molecular flexibility index (Phi) is 7.76. The SMILES string of the molecule is CC(C)=CCN1CCC(NCC(O)COc2cccc(C)c2)CC1. The van der Waals surface area contributed by atoms with Crippen LogP contribution < -0.4 is 10.1 Å². The van der Waals surface area contributed by atoms with Gasteiger partial charge in [-0.2, -0.15) is 0 Å². The van der Waals surface area contributed by atoms with Crippen molar-refractivity contribution in [3.63, 3.8) is 0 Å². The normalized spacial score (nSPS) is 17.5. The molecule has 2 rings (SSSR count). The summed E-state index contributed by atoms with van der Waals surface area (Å²) in [4.78, 5) is 2.49. The third-order valence-electron chi connectivity index (χ3n) is 4.42. The fourth-order valence-electron chi connectivity index (χ4n) is 2.89. The number of hydrogen-bond donors (Lipinski definition) is 2. The lowest BCUT2D eigenvalue weighted by molar-refractivity contribution is 0.0989. The van der Waals surface area contributed by atoms with E-state index in [2.05, 4.69) is 30.1 Å². The monoisotopic (exact) mass is 332 g/mol. The number of aliphatic hydroxyl groups is 1. The molecule has 1 heterocycles. The van der Waals surface area contributed by atoms with Crippen LogP contribution >= 0.6 is 0 Å². The van der Waals surface area contributed by atoms with Gasteiger partial charge in [-0.3, -0.25) is 4.90 Å². The first-order chi connectivity index (χ1) is 11.5. The van der Waals surface area contributed by atoms with Gasteiger partial charge in [0.1, 0.15) is 18.5 Å². The van der Waals surface area contributed by atoms with Crippen LogP contribution in [0.5, 0.6) is 5.75 Å². The average Bonchev–Trinajstić information content (AvgIpc) is 2.57. The van der Waals surface area contributed by atoms with Crippen LogP contribution in [0, 0.1) is 6.92 Å². The number of aryl methyl sites for hydroxylation is 1. The second-order valence-electron chi connectivity index (χ2n) is 7.05. The van der Waals surface area contributed by atoms with Gasteiger partial charge in [-0.15, -0.1) is 0 Å². The van der Waals surface area contributed by atoms with Crippen LogP contribution in [0.2, 0.25) is 0 Å². The molecule has 0 radical (unpaired) electrons. The Morgan fingerprint density at radius 2 is 2.12 bits per heavy atom. The summed E-state index contributed by atoms with van der Waals surface area (Å²) in [6, 6.07) is 8.42. The molecule has 4 heteroatoms. The second-order valence-corrected chi connectivity index (χ2v) is 7.05. The summed E-state index contributed by atoms with van der Waals surface area (Å²) in [5, 5.41) is 13.6. The van der Waals surface area contributed by atoms with Crippen LogP contribution in [0.4, 0.5) is 0 Å². The van der Waals surface area contributed by atoms with E-state index in [0.29, 0.717) is 19.2 Å². The standard InChI is InChI=1S/C20H32N2O2/c1-16(2)7-10-22-11-8-18(9-12-22)21-14-19(23)15-24-20-6-4-5-17(3)13-20/h4-7,13,18-19,21,23H,8-12,14-15H2,1-3H3. The van der Waals surface area contributed by atoms with Crippen molar-refractivity contribution in [2.75, 3.05) is 32.8 Å². The van der Waals surface area contributed by atoms with E-state index in [1.54, 1.807) is 0 Å². The molecule has 2 N–H and O–H groups in total. The summed E-state index contributed by atoms with van der Waals surface area (Å²) in [5.74, 6) is 0.821. The first kappa shape index (κ1) is 19.0. The molecule has 1 saturated heterocycles. The molecule has 1 aliphatic rings. The highest BCUT2D eigenvalue weighted by atomic mass is 16.5. The fourth-order valence-corrected chi connectivity index (χ4v) is 2.89. The molecule has 134 valence electrons. The number of nitrogens with zero attached hydrogens (tertiary/aromatic N) is 1. The van der Waals surface area contributed by atoms with E-state index < -0.39 is 6.10 Å². The molecular weight excluding hydrogens is 300 g/mol. The molecule has 0 bridgehead atoms. The van der Waals surface area contributed by atoms with Gasteiger partial charge in [0.15, 0.2) is 0 Å². The van der Waals surface area contributed by atoms with Crippen molar-refractivity contribution in [2.45, 2.75) is 45.8 Å². The third-order valence-corrected chi connectivity index (χ3v) is 4.42. The topological polar surface area (TPSA) is 44.7 Å². The van der Waals surface area contributed by atoms with Gasteiger partial charge < -0.3 is 15.2 Å². The van der Waals surface area contributed by atoms with Gasteiger partial charge in [0, 0.05) is 19.1 Å². The Bertz CT molecular complexity index is 518. The number of allylic oxidation sites excluding steroid dienone is 1. The number of ether oxygens (including phenoxy) is 1. The molecule has 0 aliphatic carbocycles. The van der Waals surface area contributed by atoms with Gasteiger partial charge in [-0.25, -0.2) is 0 Å². The molecule has 4 nitrogen and oxygen atoms in total. The minimum Gasteiger partial charge on any atom is -0.491 e. The molecule has 1 unspecified atom stereocenters. The van der Waals surface area contributed by atoms with Crippen molar-refractivity contribution in [3.05, 3.63) is 41.5 Å². The van der Waals surface area contributed by atoms with Crippen molar-refractivity contribution in [3.8, 4) is 5.75 Å². The summed E-state index contributed by atoms with van der Waals surface area (Å²) in [7, 11) is 0. The van der Waals surface area contributed by atoms with Crippen LogP contribution in [-0.4, -0.2) is 54.9 Å². The van der Waals surface area contributed by atoms with Gasteiger partial charge in [0.05, 0.1) is 0 Å².